The van der Waals surface area contributed by atoms with Crippen molar-refractivity contribution >= 4 is 34.7 Å². The van der Waals surface area contributed by atoms with Gasteiger partial charge in [-0.3, -0.25) is 28.9 Å². The lowest BCUT2D eigenvalue weighted by atomic mass is 9.52. The number of carbonyl (C=O) groups is 5. The van der Waals surface area contributed by atoms with Crippen LogP contribution in [0.15, 0.2) is 6.07 Å². The van der Waals surface area contributed by atoms with E-state index < -0.39 is 64.4 Å². The van der Waals surface area contributed by atoms with E-state index in [-0.39, 0.29) is 30.7 Å². The van der Waals surface area contributed by atoms with E-state index in [1.165, 1.54) is 17.1 Å². The molecule has 2 fully saturated rings. The van der Waals surface area contributed by atoms with Crippen LogP contribution in [0.3, 0.4) is 0 Å². The molecule has 6 atom stereocenters. The second-order valence-corrected chi connectivity index (χ2v) is 10.9. The Hall–Kier alpha value is -3.19. The topological polar surface area (TPSA) is 171 Å². The fraction of sp³-hybridized carbons (Fsp3) is 0.577. The molecular formula is C26H34N4O8. The summed E-state index contributed by atoms with van der Waals surface area (Å²) in [6, 6.07) is 0.622. The summed E-state index contributed by atoms with van der Waals surface area (Å²) in [7, 11) is 9.80. The van der Waals surface area contributed by atoms with Gasteiger partial charge in [0.15, 0.2) is 34.7 Å². The van der Waals surface area contributed by atoms with E-state index >= 15 is 0 Å². The summed E-state index contributed by atoms with van der Waals surface area (Å²) in [6.45, 7) is 0.142. The maximum atomic E-state index is 13.9. The minimum Gasteiger partial charge on any atom is -0.507 e. The Morgan fingerprint density at radius 3 is 2.29 bits per heavy atom. The van der Waals surface area contributed by atoms with Crippen molar-refractivity contribution < 1.29 is 39.0 Å². The number of carbonyl (C=O) groups excluding carboxylic acids is 5. The van der Waals surface area contributed by atoms with Gasteiger partial charge in [-0.2, -0.15) is 5.06 Å². The first-order chi connectivity index (χ1) is 17.7. The summed E-state index contributed by atoms with van der Waals surface area (Å²) >= 11 is 0. The predicted octanol–water partition coefficient (Wildman–Crippen LogP) is -1.07. The van der Waals surface area contributed by atoms with Gasteiger partial charge in [-0.1, -0.05) is 0 Å². The SMILES string of the molecule is CON(C)Cc1cc(N(C)C)c2c(c1O)C(=O)C1C(=O)[C@]3(O)C(=O)C(C(N)=O)C(=O)[C@@H](N(C)C)[C@@H]3C[C@@H]1C2. The first-order valence-corrected chi connectivity index (χ1v) is 12.3. The van der Waals surface area contributed by atoms with Gasteiger partial charge in [0.25, 0.3) is 0 Å². The molecular weight excluding hydrogens is 496 g/mol. The highest BCUT2D eigenvalue weighted by atomic mass is 16.7. The number of hydrogen-bond acceptors (Lipinski definition) is 11. The molecule has 4 N–H and O–H groups in total. The van der Waals surface area contributed by atoms with Crippen LogP contribution in [-0.2, 0) is 37.0 Å². The van der Waals surface area contributed by atoms with Gasteiger partial charge >= 0.3 is 0 Å². The van der Waals surface area contributed by atoms with Crippen molar-refractivity contribution in [1.29, 1.82) is 0 Å². The quantitative estimate of drug-likeness (QED) is 0.302. The third-order valence-electron chi connectivity index (χ3n) is 8.30. The number of hydroxylamine groups is 2. The minimum atomic E-state index is -2.75. The van der Waals surface area contributed by atoms with Crippen LogP contribution in [0.5, 0.6) is 5.75 Å². The van der Waals surface area contributed by atoms with Crippen LogP contribution in [0.25, 0.3) is 0 Å². The van der Waals surface area contributed by atoms with Crippen molar-refractivity contribution in [3.05, 3.63) is 22.8 Å². The summed E-state index contributed by atoms with van der Waals surface area (Å²) < 4.78 is 0. The smallest absolute Gasteiger partial charge is 0.235 e. The molecule has 0 radical (unpaired) electrons. The highest BCUT2D eigenvalue weighted by Gasteiger charge is 2.69. The molecule has 12 heteroatoms. The van der Waals surface area contributed by atoms with Gasteiger partial charge in [0.05, 0.1) is 31.2 Å². The number of nitrogens with two attached hydrogens (primary N) is 1. The lowest BCUT2D eigenvalue weighted by Crippen LogP contribution is -2.74. The minimum absolute atomic E-state index is 0.00564. The van der Waals surface area contributed by atoms with E-state index in [4.69, 9.17) is 10.6 Å². The van der Waals surface area contributed by atoms with Crippen LogP contribution in [0.2, 0.25) is 0 Å². The number of aromatic hydroxyl groups is 1. The lowest BCUT2D eigenvalue weighted by molar-refractivity contribution is -0.181. The number of amides is 1. The number of phenolic OH excluding ortho intramolecular Hbond substituents is 1. The van der Waals surface area contributed by atoms with Crippen LogP contribution in [0.4, 0.5) is 5.69 Å². The number of benzene rings is 1. The van der Waals surface area contributed by atoms with Crippen LogP contribution >= 0.6 is 0 Å². The average molecular weight is 531 g/mol. The Morgan fingerprint density at radius 2 is 1.76 bits per heavy atom. The number of anilines is 1. The van der Waals surface area contributed by atoms with E-state index in [1.807, 2.05) is 0 Å². The third kappa shape index (κ3) is 3.85. The van der Waals surface area contributed by atoms with Crippen LogP contribution in [-0.4, -0.2) is 103 Å². The van der Waals surface area contributed by atoms with E-state index in [0.29, 0.717) is 16.8 Å². The van der Waals surface area contributed by atoms with Gasteiger partial charge in [-0.25, -0.2) is 0 Å². The number of likely N-dealkylation sites (N-methyl/N-ethyl adjacent to an activating group) is 1. The largest absolute Gasteiger partial charge is 0.507 e. The molecule has 2 unspecified atom stereocenters. The van der Waals surface area contributed by atoms with E-state index in [9.17, 15) is 34.2 Å². The average Bonchev–Trinajstić information content (AvgIpc) is 2.82. The summed E-state index contributed by atoms with van der Waals surface area (Å²) in [4.78, 5) is 74.9. The Bertz CT molecular complexity index is 1240. The molecule has 0 heterocycles. The molecule has 206 valence electrons. The zero-order valence-corrected chi connectivity index (χ0v) is 22.3. The number of aliphatic hydroxyl groups is 1. The molecule has 0 bridgehead atoms. The number of nitrogens with zero attached hydrogens (tertiary/aromatic N) is 3. The number of phenols is 1. The Morgan fingerprint density at radius 1 is 1.13 bits per heavy atom. The molecule has 12 nitrogen and oxygen atoms in total. The molecule has 2 saturated carbocycles. The summed E-state index contributed by atoms with van der Waals surface area (Å²) in [5.74, 6) is -10.6. The molecule has 4 rings (SSSR count). The van der Waals surface area contributed by atoms with Crippen LogP contribution in [0, 0.1) is 23.7 Å². The monoisotopic (exact) mass is 530 g/mol. The van der Waals surface area contributed by atoms with E-state index in [2.05, 4.69) is 0 Å². The van der Waals surface area contributed by atoms with Gasteiger partial charge in [0, 0.05) is 38.3 Å². The number of Topliss-reactive ketones (excluding diaryl/α,β-unsaturated/α-hetero) is 4. The molecule has 1 aromatic carbocycles. The third-order valence-corrected chi connectivity index (χ3v) is 8.30. The molecule has 1 amide bonds. The molecule has 3 aliphatic rings. The van der Waals surface area contributed by atoms with Gasteiger partial charge in [-0.05, 0) is 44.5 Å². The first-order valence-electron chi connectivity index (χ1n) is 12.3. The van der Waals surface area contributed by atoms with Gasteiger partial charge in [-0.15, -0.1) is 0 Å². The summed E-state index contributed by atoms with van der Waals surface area (Å²) in [5.41, 5.74) is 4.18. The number of primary amides is 1. The number of rotatable bonds is 6. The van der Waals surface area contributed by atoms with Crippen LogP contribution in [0.1, 0.15) is 27.9 Å². The van der Waals surface area contributed by atoms with E-state index in [0.717, 1.165) is 0 Å². The second-order valence-electron chi connectivity index (χ2n) is 10.9. The second kappa shape index (κ2) is 9.53. The number of ketones is 4. The number of hydrogen-bond donors (Lipinski definition) is 3. The van der Waals surface area contributed by atoms with Crippen molar-refractivity contribution in [2.24, 2.45) is 29.4 Å². The maximum absolute atomic E-state index is 13.9. The zero-order chi connectivity index (χ0) is 28.4. The maximum Gasteiger partial charge on any atom is 0.235 e. The molecule has 0 saturated heterocycles. The van der Waals surface area contributed by atoms with E-state index in [1.54, 1.807) is 46.2 Å². The standard InChI is InChI=1S/C26H34N4O8/c1-28(2)15-9-12(10-30(5)38-6)20(31)17-13(15)7-11-8-14-19(29(3)4)22(33)18(25(27)36)24(35)26(14,37)23(34)16(11)21(17)32/h9,11,14,16,18-19,31,37H,7-8,10H2,1-6H3,(H2,27,36)/t11-,14-,16?,18?,19-,26-/m0/s1. The molecule has 38 heavy (non-hydrogen) atoms. The zero-order valence-electron chi connectivity index (χ0n) is 22.3. The Balaban J connectivity index is 1.89. The molecule has 0 aromatic heterocycles. The fourth-order valence-corrected chi connectivity index (χ4v) is 6.53. The first kappa shape index (κ1) is 27.8. The lowest BCUT2D eigenvalue weighted by Gasteiger charge is -2.52. The summed E-state index contributed by atoms with van der Waals surface area (Å²) in [6.07, 6.45) is 0.207. The highest BCUT2D eigenvalue weighted by molar-refractivity contribution is 6.32. The van der Waals surface area contributed by atoms with Crippen molar-refractivity contribution in [3.63, 3.8) is 0 Å². The molecule has 1 aromatic rings. The van der Waals surface area contributed by atoms with Crippen molar-refractivity contribution in [3.8, 4) is 5.75 Å². The predicted molar refractivity (Wildman–Crippen MR) is 134 cm³/mol. The molecule has 3 aliphatic carbocycles. The highest BCUT2D eigenvalue weighted by Crippen LogP contribution is 2.52. The normalized spacial score (nSPS) is 30.8. The van der Waals surface area contributed by atoms with Gasteiger partial charge in [0.1, 0.15) is 5.75 Å². The molecule has 0 spiro atoms. The number of fused-ring (bicyclic) bond motifs is 3. The van der Waals surface area contributed by atoms with Crippen molar-refractivity contribution in [2.45, 2.75) is 31.0 Å². The Labute approximate surface area is 220 Å². The molecule has 0 aliphatic heterocycles. The van der Waals surface area contributed by atoms with Crippen molar-refractivity contribution in [1.82, 2.24) is 9.96 Å². The fourth-order valence-electron chi connectivity index (χ4n) is 6.53. The van der Waals surface area contributed by atoms with Crippen molar-refractivity contribution in [2.75, 3.05) is 47.2 Å². The van der Waals surface area contributed by atoms with Crippen LogP contribution < -0.4 is 10.6 Å². The Kier molecular flexibility index (Phi) is 6.98. The van der Waals surface area contributed by atoms with Gasteiger partial charge in [0.2, 0.25) is 5.91 Å². The van der Waals surface area contributed by atoms with Gasteiger partial charge < -0.3 is 25.7 Å². The summed E-state index contributed by atoms with van der Waals surface area (Å²) in [5, 5.41) is 24.3.